The monoisotopic (exact) mass is 423 g/mol. The molecule has 3 aromatic carbocycles. The highest BCUT2D eigenvalue weighted by atomic mass is 16.3. The second-order valence-electron chi connectivity index (χ2n) is 7.76. The van der Waals surface area contributed by atoms with Crippen molar-refractivity contribution in [2.24, 2.45) is 0 Å². The van der Waals surface area contributed by atoms with Crippen LogP contribution in [0.15, 0.2) is 85.2 Å². The van der Waals surface area contributed by atoms with E-state index in [1.165, 1.54) is 4.90 Å². The fourth-order valence-corrected chi connectivity index (χ4v) is 4.15. The fraction of sp³-hybridized carbons (Fsp3) is 0.115. The van der Waals surface area contributed by atoms with Gasteiger partial charge in [-0.05, 0) is 29.8 Å². The van der Waals surface area contributed by atoms with Gasteiger partial charge in [-0.1, -0.05) is 54.6 Å². The number of imide groups is 1. The lowest BCUT2D eigenvalue weighted by Crippen LogP contribution is -2.32. The van der Waals surface area contributed by atoms with E-state index in [1.54, 1.807) is 48.8 Å². The minimum absolute atomic E-state index is 0.207. The highest BCUT2D eigenvalue weighted by Crippen LogP contribution is 2.26. The smallest absolute Gasteiger partial charge is 0.261 e. The number of amides is 2. The third kappa shape index (κ3) is 3.56. The molecule has 32 heavy (non-hydrogen) atoms. The number of rotatable bonds is 6. The van der Waals surface area contributed by atoms with Crippen LogP contribution in [0.25, 0.3) is 11.3 Å². The summed E-state index contributed by atoms with van der Waals surface area (Å²) in [5, 5.41) is 9.83. The third-order valence-electron chi connectivity index (χ3n) is 5.71. The van der Waals surface area contributed by atoms with Gasteiger partial charge in [0.2, 0.25) is 0 Å². The molecule has 1 aromatic heterocycles. The van der Waals surface area contributed by atoms with Crippen molar-refractivity contribution < 1.29 is 14.7 Å². The molecule has 4 aromatic rings. The normalized spacial score (nSPS) is 12.9. The number of imidazole rings is 1. The predicted molar refractivity (Wildman–Crippen MR) is 120 cm³/mol. The van der Waals surface area contributed by atoms with Crippen LogP contribution in [0.5, 0.6) is 5.75 Å². The Morgan fingerprint density at radius 2 is 1.50 bits per heavy atom. The molecule has 6 heteroatoms. The Bertz CT molecular complexity index is 1280. The number of aromatic hydroxyl groups is 1. The summed E-state index contributed by atoms with van der Waals surface area (Å²) in [6, 6.07) is 23.9. The van der Waals surface area contributed by atoms with E-state index in [1.807, 2.05) is 41.0 Å². The summed E-state index contributed by atoms with van der Waals surface area (Å²) in [5.74, 6) is -0.310. The van der Waals surface area contributed by atoms with Crippen molar-refractivity contribution in [2.75, 3.05) is 6.54 Å². The molecule has 158 valence electrons. The minimum Gasteiger partial charge on any atom is -0.508 e. The standard InChI is InChI=1S/C26H21N3O3/c30-20-10-6-7-18(15-20)16-28-17-27-24(19-8-2-1-3-9-19)23(28)13-14-29-25(31)21-11-4-5-12-22(21)26(29)32/h1-12,15,17,30H,13-14,16H2. The highest BCUT2D eigenvalue weighted by Gasteiger charge is 2.35. The van der Waals surface area contributed by atoms with Crippen molar-refractivity contribution in [1.29, 1.82) is 0 Å². The average molecular weight is 423 g/mol. The van der Waals surface area contributed by atoms with Crippen LogP contribution in [0.3, 0.4) is 0 Å². The van der Waals surface area contributed by atoms with Crippen LogP contribution in [-0.2, 0) is 13.0 Å². The van der Waals surface area contributed by atoms with Crippen LogP contribution >= 0.6 is 0 Å². The van der Waals surface area contributed by atoms with Gasteiger partial charge in [-0.15, -0.1) is 0 Å². The maximum atomic E-state index is 12.8. The quantitative estimate of drug-likeness (QED) is 0.473. The molecule has 0 aliphatic carbocycles. The molecule has 0 spiro atoms. The van der Waals surface area contributed by atoms with Crippen molar-refractivity contribution >= 4 is 11.8 Å². The summed E-state index contributed by atoms with van der Waals surface area (Å²) in [4.78, 5) is 31.5. The number of carbonyl (C=O) groups is 2. The highest BCUT2D eigenvalue weighted by molar-refractivity contribution is 6.21. The van der Waals surface area contributed by atoms with E-state index >= 15 is 0 Å². The number of phenols is 1. The van der Waals surface area contributed by atoms with Crippen molar-refractivity contribution in [3.8, 4) is 17.0 Å². The minimum atomic E-state index is -0.258. The number of phenolic OH excluding ortho intramolecular Hbond substituents is 1. The third-order valence-corrected chi connectivity index (χ3v) is 5.71. The van der Waals surface area contributed by atoms with Crippen molar-refractivity contribution in [1.82, 2.24) is 14.5 Å². The fourth-order valence-electron chi connectivity index (χ4n) is 4.15. The zero-order valence-electron chi connectivity index (χ0n) is 17.3. The lowest BCUT2D eigenvalue weighted by Gasteiger charge is -2.16. The van der Waals surface area contributed by atoms with Crippen LogP contribution in [0.1, 0.15) is 32.0 Å². The molecule has 0 saturated carbocycles. The number of aromatic nitrogens is 2. The first-order chi connectivity index (χ1) is 15.6. The number of benzene rings is 3. The van der Waals surface area contributed by atoms with Gasteiger partial charge in [0.1, 0.15) is 5.75 Å². The molecule has 6 nitrogen and oxygen atoms in total. The van der Waals surface area contributed by atoms with E-state index in [4.69, 9.17) is 0 Å². The van der Waals surface area contributed by atoms with E-state index in [-0.39, 0.29) is 24.1 Å². The number of fused-ring (bicyclic) bond motifs is 1. The first-order valence-corrected chi connectivity index (χ1v) is 10.4. The molecule has 0 bridgehead atoms. The van der Waals surface area contributed by atoms with E-state index in [2.05, 4.69) is 4.98 Å². The van der Waals surface area contributed by atoms with Gasteiger partial charge in [-0.2, -0.15) is 0 Å². The SMILES string of the molecule is O=C1c2ccccc2C(=O)N1CCc1c(-c2ccccc2)ncn1Cc1cccc(O)c1. The number of hydrogen-bond acceptors (Lipinski definition) is 4. The second kappa shape index (κ2) is 8.15. The Kier molecular flexibility index (Phi) is 5.03. The van der Waals surface area contributed by atoms with Gasteiger partial charge in [0, 0.05) is 30.8 Å². The van der Waals surface area contributed by atoms with Crippen molar-refractivity contribution in [3.63, 3.8) is 0 Å². The summed E-state index contributed by atoms with van der Waals surface area (Å²) in [6.45, 7) is 0.781. The van der Waals surface area contributed by atoms with Gasteiger partial charge in [0.05, 0.1) is 23.1 Å². The van der Waals surface area contributed by atoms with Gasteiger partial charge in [0.25, 0.3) is 11.8 Å². The first-order valence-electron chi connectivity index (χ1n) is 10.4. The second-order valence-corrected chi connectivity index (χ2v) is 7.76. The average Bonchev–Trinajstić information content (AvgIpc) is 3.32. The molecule has 0 radical (unpaired) electrons. The molecule has 1 aliphatic heterocycles. The van der Waals surface area contributed by atoms with E-state index < -0.39 is 0 Å². The Labute approximate surface area is 185 Å². The number of hydrogen-bond donors (Lipinski definition) is 1. The summed E-state index contributed by atoms with van der Waals surface area (Å²) >= 11 is 0. The lowest BCUT2D eigenvalue weighted by molar-refractivity contribution is 0.0655. The lowest BCUT2D eigenvalue weighted by atomic mass is 10.1. The Balaban J connectivity index is 1.46. The van der Waals surface area contributed by atoms with Gasteiger partial charge < -0.3 is 9.67 Å². The molecule has 1 N–H and O–H groups in total. The Morgan fingerprint density at radius 3 is 2.19 bits per heavy atom. The molecular weight excluding hydrogens is 402 g/mol. The predicted octanol–water partition coefficient (Wildman–Crippen LogP) is 4.14. The molecule has 2 amide bonds. The van der Waals surface area contributed by atoms with Crippen LogP contribution < -0.4 is 0 Å². The molecule has 1 aliphatic rings. The topological polar surface area (TPSA) is 75.4 Å². The van der Waals surface area contributed by atoms with Gasteiger partial charge in [-0.25, -0.2) is 4.98 Å². The van der Waals surface area contributed by atoms with Crippen molar-refractivity contribution in [2.45, 2.75) is 13.0 Å². The molecule has 0 saturated heterocycles. The Hall–Kier alpha value is -4.19. The summed E-state index contributed by atoms with van der Waals surface area (Å²) in [5.41, 5.74) is 4.56. The zero-order valence-corrected chi connectivity index (χ0v) is 17.3. The summed E-state index contributed by atoms with van der Waals surface area (Å²) in [7, 11) is 0. The first kappa shape index (κ1) is 19.8. The molecule has 0 fully saturated rings. The number of nitrogens with zero attached hydrogens (tertiary/aromatic N) is 3. The van der Waals surface area contributed by atoms with Gasteiger partial charge >= 0.3 is 0 Å². The maximum Gasteiger partial charge on any atom is 0.261 e. The zero-order chi connectivity index (χ0) is 22.1. The maximum absolute atomic E-state index is 12.8. The van der Waals surface area contributed by atoms with E-state index in [0.29, 0.717) is 24.1 Å². The largest absolute Gasteiger partial charge is 0.508 e. The summed E-state index contributed by atoms with van der Waals surface area (Å²) < 4.78 is 2.01. The molecule has 2 heterocycles. The molecule has 5 rings (SSSR count). The number of carbonyl (C=O) groups excluding carboxylic acids is 2. The van der Waals surface area contributed by atoms with Crippen LogP contribution in [0.2, 0.25) is 0 Å². The van der Waals surface area contributed by atoms with Crippen LogP contribution in [0.4, 0.5) is 0 Å². The van der Waals surface area contributed by atoms with Gasteiger partial charge in [-0.3, -0.25) is 14.5 Å². The van der Waals surface area contributed by atoms with E-state index in [0.717, 1.165) is 22.5 Å². The van der Waals surface area contributed by atoms with Gasteiger partial charge in [0.15, 0.2) is 0 Å². The molecular formula is C26H21N3O3. The molecule has 0 unspecified atom stereocenters. The molecule has 0 atom stereocenters. The summed E-state index contributed by atoms with van der Waals surface area (Å²) in [6.07, 6.45) is 2.23. The Morgan fingerprint density at radius 1 is 0.812 bits per heavy atom. The van der Waals surface area contributed by atoms with Crippen LogP contribution in [0, 0.1) is 0 Å². The van der Waals surface area contributed by atoms with E-state index in [9.17, 15) is 14.7 Å². The van der Waals surface area contributed by atoms with Crippen LogP contribution in [-0.4, -0.2) is 37.9 Å². The van der Waals surface area contributed by atoms with Crippen molar-refractivity contribution in [3.05, 3.63) is 108 Å².